The summed E-state index contributed by atoms with van der Waals surface area (Å²) in [7, 11) is 0. The zero-order valence-electron chi connectivity index (χ0n) is 6.35. The van der Waals surface area contributed by atoms with Gasteiger partial charge in [-0.3, -0.25) is 4.79 Å². The van der Waals surface area contributed by atoms with Gasteiger partial charge in [0.1, 0.15) is 5.78 Å². The Hall–Kier alpha value is -0.590. The predicted molar refractivity (Wildman–Crippen MR) is 39.2 cm³/mol. The Morgan fingerprint density at radius 3 is 2.11 bits per heavy atom. The fourth-order valence-corrected chi connectivity index (χ4v) is 0.574. The Bertz CT molecular complexity index is 116. The second-order valence-electron chi connectivity index (χ2n) is 2.49. The van der Waals surface area contributed by atoms with E-state index < -0.39 is 0 Å². The third kappa shape index (κ3) is 2.45. The molecule has 0 aliphatic heterocycles. The lowest BCUT2D eigenvalue weighted by molar-refractivity contribution is -0.121. The molecule has 52 valence electrons. The molecule has 0 aliphatic rings. The van der Waals surface area contributed by atoms with Crippen LogP contribution in [-0.2, 0) is 4.79 Å². The smallest absolute Gasteiger partial charge is 0.133 e. The van der Waals surface area contributed by atoms with E-state index in [1.165, 1.54) is 0 Å². The van der Waals surface area contributed by atoms with Gasteiger partial charge in [0.15, 0.2) is 0 Å². The number of Topliss-reactive ketones (excluding diaryl/α,β-unsaturated/α-hetero) is 1. The SMILES string of the molecule is C=C[C@H](C)[C@H](C)C(C)=O. The second-order valence-corrected chi connectivity index (χ2v) is 2.49. The minimum atomic E-state index is 0.127. The summed E-state index contributed by atoms with van der Waals surface area (Å²) < 4.78 is 0. The van der Waals surface area contributed by atoms with E-state index in [0.29, 0.717) is 5.92 Å². The summed E-state index contributed by atoms with van der Waals surface area (Å²) in [5.74, 6) is 0.674. The van der Waals surface area contributed by atoms with Crippen LogP contribution < -0.4 is 0 Å². The molecule has 1 nitrogen and oxygen atoms in total. The van der Waals surface area contributed by atoms with Crippen LogP contribution in [-0.4, -0.2) is 5.78 Å². The van der Waals surface area contributed by atoms with Crippen LogP contribution in [0.3, 0.4) is 0 Å². The zero-order valence-corrected chi connectivity index (χ0v) is 6.35. The van der Waals surface area contributed by atoms with Gasteiger partial charge < -0.3 is 0 Å². The van der Waals surface area contributed by atoms with Crippen molar-refractivity contribution in [3.8, 4) is 0 Å². The largest absolute Gasteiger partial charge is 0.300 e. The van der Waals surface area contributed by atoms with Gasteiger partial charge in [0.25, 0.3) is 0 Å². The highest BCUT2D eigenvalue weighted by molar-refractivity contribution is 5.78. The van der Waals surface area contributed by atoms with Crippen molar-refractivity contribution < 1.29 is 4.79 Å². The molecule has 0 saturated carbocycles. The first kappa shape index (κ1) is 8.41. The lowest BCUT2D eigenvalue weighted by Gasteiger charge is -2.10. The molecule has 0 heterocycles. The number of hydrogen-bond donors (Lipinski definition) is 0. The molecular weight excluding hydrogens is 112 g/mol. The molecule has 0 fully saturated rings. The molecule has 0 saturated heterocycles. The van der Waals surface area contributed by atoms with E-state index in [0.717, 1.165) is 0 Å². The fourth-order valence-electron chi connectivity index (χ4n) is 0.574. The minimum Gasteiger partial charge on any atom is -0.300 e. The molecule has 2 atom stereocenters. The van der Waals surface area contributed by atoms with Crippen molar-refractivity contribution in [3.63, 3.8) is 0 Å². The van der Waals surface area contributed by atoms with Gasteiger partial charge in [0, 0.05) is 5.92 Å². The second kappa shape index (κ2) is 3.44. The standard InChI is InChI=1S/C8H14O/c1-5-6(2)7(3)8(4)9/h5-7H,1H2,2-4H3/t6-,7-/m0/s1. The van der Waals surface area contributed by atoms with Crippen molar-refractivity contribution in [2.24, 2.45) is 11.8 Å². The Labute approximate surface area is 56.8 Å². The van der Waals surface area contributed by atoms with Gasteiger partial charge in [0.2, 0.25) is 0 Å². The Balaban J connectivity index is 3.86. The lowest BCUT2D eigenvalue weighted by atomic mass is 9.93. The van der Waals surface area contributed by atoms with E-state index in [1.54, 1.807) is 6.92 Å². The van der Waals surface area contributed by atoms with Crippen LogP contribution >= 0.6 is 0 Å². The molecular formula is C8H14O. The molecule has 0 aromatic rings. The molecule has 1 heteroatoms. The summed E-state index contributed by atoms with van der Waals surface area (Å²) >= 11 is 0. The highest BCUT2D eigenvalue weighted by Crippen LogP contribution is 2.11. The van der Waals surface area contributed by atoms with Crippen LogP contribution in [0.1, 0.15) is 20.8 Å². The quantitative estimate of drug-likeness (QED) is 0.529. The lowest BCUT2D eigenvalue weighted by Crippen LogP contribution is -2.13. The van der Waals surface area contributed by atoms with Gasteiger partial charge in [0.05, 0.1) is 0 Å². The zero-order chi connectivity index (χ0) is 7.44. The van der Waals surface area contributed by atoms with Crippen LogP contribution in [0.5, 0.6) is 0 Å². The van der Waals surface area contributed by atoms with E-state index in [2.05, 4.69) is 6.58 Å². The maximum Gasteiger partial charge on any atom is 0.133 e. The van der Waals surface area contributed by atoms with Crippen LogP contribution in [0.25, 0.3) is 0 Å². The van der Waals surface area contributed by atoms with Gasteiger partial charge in [-0.2, -0.15) is 0 Å². The highest BCUT2D eigenvalue weighted by atomic mass is 16.1. The Kier molecular flexibility index (Phi) is 3.21. The van der Waals surface area contributed by atoms with Crippen molar-refractivity contribution in [1.29, 1.82) is 0 Å². The van der Waals surface area contributed by atoms with E-state index in [-0.39, 0.29) is 11.7 Å². The van der Waals surface area contributed by atoms with Crippen molar-refractivity contribution >= 4 is 5.78 Å². The average molecular weight is 126 g/mol. The van der Waals surface area contributed by atoms with E-state index >= 15 is 0 Å². The molecule has 0 aliphatic carbocycles. The summed E-state index contributed by atoms with van der Waals surface area (Å²) in [6, 6.07) is 0. The number of hydrogen-bond acceptors (Lipinski definition) is 1. The first-order valence-electron chi connectivity index (χ1n) is 3.22. The predicted octanol–water partition coefficient (Wildman–Crippen LogP) is 2.03. The van der Waals surface area contributed by atoms with Crippen LogP contribution in [0.4, 0.5) is 0 Å². The molecule has 0 bridgehead atoms. The molecule has 0 rings (SSSR count). The van der Waals surface area contributed by atoms with Gasteiger partial charge in [-0.25, -0.2) is 0 Å². The highest BCUT2D eigenvalue weighted by Gasteiger charge is 2.12. The summed E-state index contributed by atoms with van der Waals surface area (Å²) in [5.41, 5.74) is 0. The topological polar surface area (TPSA) is 17.1 Å². The normalized spacial score (nSPS) is 16.3. The van der Waals surface area contributed by atoms with Crippen molar-refractivity contribution in [3.05, 3.63) is 12.7 Å². The molecule has 0 aromatic heterocycles. The molecule has 0 unspecified atom stereocenters. The van der Waals surface area contributed by atoms with Crippen LogP contribution in [0.2, 0.25) is 0 Å². The summed E-state index contributed by atoms with van der Waals surface area (Å²) in [6.45, 7) is 9.15. The summed E-state index contributed by atoms with van der Waals surface area (Å²) in [5, 5.41) is 0. The Morgan fingerprint density at radius 1 is 1.56 bits per heavy atom. The monoisotopic (exact) mass is 126 g/mol. The number of carbonyl (C=O) groups is 1. The summed E-state index contributed by atoms with van der Waals surface area (Å²) in [6.07, 6.45) is 1.81. The fraction of sp³-hybridized carbons (Fsp3) is 0.625. The molecule has 0 amide bonds. The van der Waals surface area contributed by atoms with Crippen LogP contribution in [0.15, 0.2) is 12.7 Å². The van der Waals surface area contributed by atoms with Crippen LogP contribution in [0, 0.1) is 11.8 Å². The molecule has 0 spiro atoms. The van der Waals surface area contributed by atoms with Gasteiger partial charge in [-0.15, -0.1) is 6.58 Å². The van der Waals surface area contributed by atoms with Crippen molar-refractivity contribution in [1.82, 2.24) is 0 Å². The summed E-state index contributed by atoms with van der Waals surface area (Å²) in [4.78, 5) is 10.7. The third-order valence-corrected chi connectivity index (χ3v) is 1.80. The first-order valence-corrected chi connectivity index (χ1v) is 3.22. The maximum absolute atomic E-state index is 10.7. The van der Waals surface area contributed by atoms with E-state index in [9.17, 15) is 4.79 Å². The third-order valence-electron chi connectivity index (χ3n) is 1.80. The first-order chi connectivity index (χ1) is 4.09. The van der Waals surface area contributed by atoms with Gasteiger partial charge in [-0.1, -0.05) is 19.9 Å². The minimum absolute atomic E-state index is 0.127. The number of allylic oxidation sites excluding steroid dienone is 1. The van der Waals surface area contributed by atoms with E-state index in [4.69, 9.17) is 0 Å². The Morgan fingerprint density at radius 2 is 2.00 bits per heavy atom. The van der Waals surface area contributed by atoms with Gasteiger partial charge >= 0.3 is 0 Å². The average Bonchev–Trinajstić information content (AvgIpc) is 1.84. The van der Waals surface area contributed by atoms with Crippen molar-refractivity contribution in [2.45, 2.75) is 20.8 Å². The molecule has 0 N–H and O–H groups in total. The number of rotatable bonds is 3. The number of carbonyl (C=O) groups excluding carboxylic acids is 1. The molecule has 0 radical (unpaired) electrons. The molecule has 9 heavy (non-hydrogen) atoms. The van der Waals surface area contributed by atoms with Crippen molar-refractivity contribution in [2.75, 3.05) is 0 Å². The molecule has 0 aromatic carbocycles. The van der Waals surface area contributed by atoms with E-state index in [1.807, 2.05) is 19.9 Å². The number of ketones is 1. The van der Waals surface area contributed by atoms with Gasteiger partial charge in [-0.05, 0) is 12.8 Å². The maximum atomic E-state index is 10.7.